The number of hydrogen-bond acceptors (Lipinski definition) is 3. The molecule has 4 aliphatic rings. The number of thiocarbonyl (C=S) groups is 1. The first-order valence-electron chi connectivity index (χ1n) is 10.4. The summed E-state index contributed by atoms with van der Waals surface area (Å²) in [7, 11) is 0. The Bertz CT molecular complexity index is 729. The summed E-state index contributed by atoms with van der Waals surface area (Å²) < 4.78 is 0. The minimum Gasteiger partial charge on any atom is -0.370 e. The van der Waals surface area contributed by atoms with E-state index < -0.39 is 0 Å². The van der Waals surface area contributed by atoms with Gasteiger partial charge in [0.05, 0.1) is 5.41 Å². The summed E-state index contributed by atoms with van der Waals surface area (Å²) in [5.74, 6) is 1.85. The van der Waals surface area contributed by atoms with E-state index in [0.717, 1.165) is 24.8 Å². The Balaban J connectivity index is 1.44. The Hall–Kier alpha value is -1.95. The zero-order valence-electron chi connectivity index (χ0n) is 16.2. The largest absolute Gasteiger partial charge is 0.370 e. The summed E-state index contributed by atoms with van der Waals surface area (Å²) in [5.41, 5.74) is 6.19. The van der Waals surface area contributed by atoms with E-state index in [0.29, 0.717) is 36.0 Å². The van der Waals surface area contributed by atoms with Crippen LogP contribution in [0.25, 0.3) is 0 Å². The quantitative estimate of drug-likeness (QED) is 0.721. The first-order chi connectivity index (χ1) is 13.4. The number of nitrogens with two attached hydrogens (primary N) is 1. The number of hydrogen-bond donors (Lipinski definition) is 2. The number of nitrogens with one attached hydrogen (secondary N) is 1. The molecule has 28 heavy (non-hydrogen) atoms. The average molecular weight is 400 g/mol. The van der Waals surface area contributed by atoms with Gasteiger partial charge in [0.1, 0.15) is 0 Å². The summed E-state index contributed by atoms with van der Waals surface area (Å²) in [4.78, 5) is 26.5. The zero-order valence-corrected chi connectivity index (χ0v) is 17.0. The lowest BCUT2D eigenvalue weighted by molar-refractivity contribution is -0.144. The fourth-order valence-electron chi connectivity index (χ4n) is 6.00. The average Bonchev–Trinajstić information content (AvgIpc) is 2.64. The minimum absolute atomic E-state index is 0.0914. The topological polar surface area (TPSA) is 75.4 Å². The van der Waals surface area contributed by atoms with Gasteiger partial charge in [-0.25, -0.2) is 0 Å². The van der Waals surface area contributed by atoms with Gasteiger partial charge in [-0.3, -0.25) is 9.59 Å². The highest BCUT2D eigenvalue weighted by Gasteiger charge is 2.54. The summed E-state index contributed by atoms with van der Waals surface area (Å²) in [6.07, 6.45) is 7.13. The van der Waals surface area contributed by atoms with Crippen molar-refractivity contribution in [3.05, 3.63) is 35.9 Å². The maximum atomic E-state index is 13.3. The molecule has 5 nitrogen and oxygen atoms in total. The third-order valence-corrected chi connectivity index (χ3v) is 7.23. The molecule has 1 aromatic rings. The van der Waals surface area contributed by atoms with Crippen LogP contribution in [0.5, 0.6) is 0 Å². The highest BCUT2D eigenvalue weighted by molar-refractivity contribution is 7.80. The Morgan fingerprint density at radius 2 is 1.64 bits per heavy atom. The number of carbonyl (C=O) groups excluding carboxylic acids is 2. The second-order valence-electron chi connectivity index (χ2n) is 9.08. The molecule has 0 heterocycles. The Morgan fingerprint density at radius 1 is 1.07 bits per heavy atom. The molecule has 6 heteroatoms. The molecule has 2 amide bonds. The molecule has 4 saturated carbocycles. The van der Waals surface area contributed by atoms with Crippen molar-refractivity contribution < 1.29 is 9.59 Å². The van der Waals surface area contributed by atoms with Crippen LogP contribution in [0.4, 0.5) is 0 Å². The lowest BCUT2D eigenvalue weighted by atomic mass is 9.49. The Morgan fingerprint density at radius 3 is 2.18 bits per heavy atom. The van der Waals surface area contributed by atoms with Gasteiger partial charge in [0.15, 0.2) is 5.11 Å². The SMILES string of the molecule is NC(=O)CCN(Cc1ccccc1)C(=S)NC(=O)C12CC3CC(CC(C3)C1)C2. The monoisotopic (exact) mass is 399 g/mol. The first kappa shape index (κ1) is 19.4. The molecule has 5 rings (SSSR count). The molecular weight excluding hydrogens is 370 g/mol. The van der Waals surface area contributed by atoms with Crippen LogP contribution < -0.4 is 11.1 Å². The van der Waals surface area contributed by atoms with Crippen molar-refractivity contribution in [3.8, 4) is 0 Å². The number of primary amides is 1. The van der Waals surface area contributed by atoms with Crippen molar-refractivity contribution in [1.82, 2.24) is 10.2 Å². The second-order valence-corrected chi connectivity index (χ2v) is 9.47. The van der Waals surface area contributed by atoms with Gasteiger partial charge in [-0.15, -0.1) is 0 Å². The summed E-state index contributed by atoms with van der Waals surface area (Å²) in [6, 6.07) is 9.93. The van der Waals surface area contributed by atoms with Crippen molar-refractivity contribution in [2.45, 2.75) is 51.5 Å². The number of nitrogens with zero attached hydrogens (tertiary/aromatic N) is 1. The van der Waals surface area contributed by atoms with E-state index in [4.69, 9.17) is 18.0 Å². The van der Waals surface area contributed by atoms with Crippen LogP contribution in [-0.4, -0.2) is 28.4 Å². The molecule has 0 radical (unpaired) electrons. The minimum atomic E-state index is -0.367. The van der Waals surface area contributed by atoms with E-state index in [2.05, 4.69) is 5.32 Å². The highest BCUT2D eigenvalue weighted by atomic mass is 32.1. The molecule has 150 valence electrons. The van der Waals surface area contributed by atoms with Crippen LogP contribution in [-0.2, 0) is 16.1 Å². The Labute approximate surface area is 172 Å². The molecule has 0 unspecified atom stereocenters. The molecule has 0 spiro atoms. The second kappa shape index (κ2) is 7.82. The molecule has 0 aromatic heterocycles. The standard InChI is InChI=1S/C22H29N3O2S/c23-19(26)6-7-25(14-15-4-2-1-3-5-15)21(28)24-20(27)22-11-16-8-17(12-22)10-18(9-16)13-22/h1-5,16-18H,6-14H2,(H2,23,26)(H,24,27,28). The molecule has 4 fully saturated rings. The van der Waals surface area contributed by atoms with Gasteiger partial charge in [-0.05, 0) is 74.1 Å². The molecule has 4 aliphatic carbocycles. The lowest BCUT2D eigenvalue weighted by Gasteiger charge is -2.55. The van der Waals surface area contributed by atoms with E-state index in [9.17, 15) is 9.59 Å². The smallest absolute Gasteiger partial charge is 0.232 e. The van der Waals surface area contributed by atoms with E-state index in [-0.39, 0.29) is 23.7 Å². The fourth-order valence-corrected chi connectivity index (χ4v) is 6.25. The lowest BCUT2D eigenvalue weighted by Crippen LogP contribution is -2.56. The van der Waals surface area contributed by atoms with Gasteiger partial charge < -0.3 is 16.0 Å². The molecule has 1 aromatic carbocycles. The van der Waals surface area contributed by atoms with Crippen LogP contribution >= 0.6 is 12.2 Å². The maximum absolute atomic E-state index is 13.3. The number of carbonyl (C=O) groups is 2. The van der Waals surface area contributed by atoms with Crippen LogP contribution in [0.1, 0.15) is 50.5 Å². The number of amides is 2. The highest BCUT2D eigenvalue weighted by Crippen LogP contribution is 2.60. The predicted octanol–water partition coefficient (Wildman–Crippen LogP) is 2.98. The molecule has 0 atom stereocenters. The first-order valence-corrected chi connectivity index (χ1v) is 10.8. The van der Waals surface area contributed by atoms with Crippen molar-refractivity contribution in [3.63, 3.8) is 0 Å². The van der Waals surface area contributed by atoms with Gasteiger partial charge in [0.2, 0.25) is 11.8 Å². The van der Waals surface area contributed by atoms with Gasteiger partial charge in [-0.2, -0.15) is 0 Å². The van der Waals surface area contributed by atoms with E-state index in [1.807, 2.05) is 35.2 Å². The molecule has 0 aliphatic heterocycles. The van der Waals surface area contributed by atoms with E-state index in [1.54, 1.807) is 0 Å². The van der Waals surface area contributed by atoms with Gasteiger partial charge in [-0.1, -0.05) is 30.3 Å². The summed E-state index contributed by atoms with van der Waals surface area (Å²) in [5, 5.41) is 3.46. The molecule has 4 bridgehead atoms. The van der Waals surface area contributed by atoms with Crippen molar-refractivity contribution in [2.75, 3.05) is 6.54 Å². The third kappa shape index (κ3) is 4.07. The van der Waals surface area contributed by atoms with Crippen molar-refractivity contribution >= 4 is 29.1 Å². The van der Waals surface area contributed by atoms with Crippen LogP contribution in [0, 0.1) is 23.2 Å². The van der Waals surface area contributed by atoms with Gasteiger partial charge in [0, 0.05) is 19.5 Å². The summed E-state index contributed by atoms with van der Waals surface area (Å²) >= 11 is 5.60. The number of rotatable bonds is 6. The number of benzene rings is 1. The molecule has 0 saturated heterocycles. The van der Waals surface area contributed by atoms with Crippen molar-refractivity contribution in [2.24, 2.45) is 28.9 Å². The summed E-state index contributed by atoms with van der Waals surface area (Å²) in [6.45, 7) is 0.957. The normalized spacial score (nSPS) is 30.1. The predicted molar refractivity (Wildman–Crippen MR) is 112 cm³/mol. The van der Waals surface area contributed by atoms with E-state index >= 15 is 0 Å². The van der Waals surface area contributed by atoms with Gasteiger partial charge >= 0.3 is 0 Å². The van der Waals surface area contributed by atoms with Crippen LogP contribution in [0.3, 0.4) is 0 Å². The van der Waals surface area contributed by atoms with Gasteiger partial charge in [0.25, 0.3) is 0 Å². The van der Waals surface area contributed by atoms with E-state index in [1.165, 1.54) is 19.3 Å². The van der Waals surface area contributed by atoms with Crippen molar-refractivity contribution in [1.29, 1.82) is 0 Å². The molecular formula is C22H29N3O2S. The van der Waals surface area contributed by atoms with Crippen LogP contribution in [0.15, 0.2) is 30.3 Å². The molecule has 3 N–H and O–H groups in total. The maximum Gasteiger partial charge on any atom is 0.232 e. The Kier molecular flexibility index (Phi) is 5.41. The zero-order chi connectivity index (χ0) is 19.7. The third-order valence-electron chi connectivity index (χ3n) is 6.87. The van der Waals surface area contributed by atoms with Crippen LogP contribution in [0.2, 0.25) is 0 Å². The fraction of sp³-hybridized carbons (Fsp3) is 0.591.